The van der Waals surface area contributed by atoms with Gasteiger partial charge in [0.15, 0.2) is 0 Å². The van der Waals surface area contributed by atoms with Crippen LogP contribution < -0.4 is 5.43 Å². The molecule has 0 saturated carbocycles. The van der Waals surface area contributed by atoms with Crippen LogP contribution in [0.5, 0.6) is 0 Å². The number of carbonyl (C=O) groups excluding carboxylic acids is 2. The highest BCUT2D eigenvalue weighted by molar-refractivity contribution is 5.77. The summed E-state index contributed by atoms with van der Waals surface area (Å²) in [6, 6.07) is -0.465. The van der Waals surface area contributed by atoms with Crippen molar-refractivity contribution in [3.8, 4) is 0 Å². The molecule has 1 heterocycles. The van der Waals surface area contributed by atoms with E-state index in [2.05, 4.69) is 5.43 Å². The van der Waals surface area contributed by atoms with Gasteiger partial charge in [-0.15, -0.1) is 0 Å². The van der Waals surface area contributed by atoms with Crippen LogP contribution in [0.15, 0.2) is 12.0 Å². The summed E-state index contributed by atoms with van der Waals surface area (Å²) in [5, 5.41) is 0.778. The standard InChI is InChI=1S/C18H33N3O5/c1-17(2,3)13-14(24-7)26-21(19-15(22)25-18(4,5)6)16(23)20-11-9-8-10-12-20/h13H,8-12H2,1-7H3,(H,19,22)/b14-13+. The number of nitrogens with one attached hydrogen (secondary N) is 1. The number of amides is 3. The lowest BCUT2D eigenvalue weighted by molar-refractivity contribution is -0.162. The van der Waals surface area contributed by atoms with Gasteiger partial charge in [-0.25, -0.2) is 9.59 Å². The van der Waals surface area contributed by atoms with Gasteiger partial charge in [-0.1, -0.05) is 20.8 Å². The van der Waals surface area contributed by atoms with Crippen molar-refractivity contribution < 1.29 is 23.9 Å². The van der Waals surface area contributed by atoms with Crippen molar-refractivity contribution in [2.45, 2.75) is 66.4 Å². The molecule has 150 valence electrons. The SMILES string of the molecule is CO/C(=C\C(C)(C)C)ON(NC(=O)OC(C)(C)C)C(=O)N1CCCCC1. The van der Waals surface area contributed by atoms with E-state index in [-0.39, 0.29) is 11.4 Å². The van der Waals surface area contributed by atoms with Gasteiger partial charge in [0, 0.05) is 19.2 Å². The molecular weight excluding hydrogens is 338 g/mol. The van der Waals surface area contributed by atoms with Crippen molar-refractivity contribution in [3.63, 3.8) is 0 Å². The molecule has 0 atom stereocenters. The zero-order valence-electron chi connectivity index (χ0n) is 17.0. The smallest absolute Gasteiger partial charge is 0.429 e. The number of hydroxylamine groups is 1. The summed E-state index contributed by atoms with van der Waals surface area (Å²) in [5.74, 6) is 0.110. The lowest BCUT2D eigenvalue weighted by atomic mass is 9.97. The van der Waals surface area contributed by atoms with Crippen molar-refractivity contribution in [2.24, 2.45) is 5.41 Å². The average Bonchev–Trinajstić information content (AvgIpc) is 2.50. The summed E-state index contributed by atoms with van der Waals surface area (Å²) in [6.07, 6.45) is 3.86. The van der Waals surface area contributed by atoms with Gasteiger partial charge in [-0.2, -0.15) is 5.43 Å². The minimum absolute atomic E-state index is 0.110. The molecule has 1 aliphatic rings. The van der Waals surface area contributed by atoms with Crippen molar-refractivity contribution in [3.05, 3.63) is 12.0 Å². The van der Waals surface area contributed by atoms with E-state index in [9.17, 15) is 9.59 Å². The Hall–Kier alpha value is -2.12. The quantitative estimate of drug-likeness (QED) is 0.603. The molecule has 0 bridgehead atoms. The van der Waals surface area contributed by atoms with E-state index in [4.69, 9.17) is 14.3 Å². The Labute approximate surface area is 156 Å². The third-order valence-electron chi connectivity index (χ3n) is 3.33. The van der Waals surface area contributed by atoms with Gasteiger partial charge in [-0.05, 0) is 50.6 Å². The van der Waals surface area contributed by atoms with E-state index in [0.717, 1.165) is 24.4 Å². The van der Waals surface area contributed by atoms with Crippen LogP contribution in [0.3, 0.4) is 0 Å². The Morgan fingerprint density at radius 3 is 2.08 bits per heavy atom. The number of allylic oxidation sites excluding steroid dienone is 1. The Kier molecular flexibility index (Phi) is 7.59. The van der Waals surface area contributed by atoms with Gasteiger partial charge in [0.05, 0.1) is 7.11 Å². The van der Waals surface area contributed by atoms with Gasteiger partial charge in [0.2, 0.25) is 0 Å². The van der Waals surface area contributed by atoms with E-state index in [1.807, 2.05) is 20.8 Å². The van der Waals surface area contributed by atoms with Gasteiger partial charge in [-0.3, -0.25) is 0 Å². The molecule has 26 heavy (non-hydrogen) atoms. The highest BCUT2D eigenvalue weighted by Gasteiger charge is 2.29. The number of carbonyl (C=O) groups is 2. The maximum Gasteiger partial charge on any atom is 0.429 e. The number of likely N-dealkylation sites (tertiary alicyclic amines) is 1. The summed E-state index contributed by atoms with van der Waals surface area (Å²) >= 11 is 0. The van der Waals surface area contributed by atoms with E-state index in [0.29, 0.717) is 13.1 Å². The van der Waals surface area contributed by atoms with Crippen molar-refractivity contribution in [1.82, 2.24) is 15.5 Å². The Bertz CT molecular complexity index is 514. The lowest BCUT2D eigenvalue weighted by Gasteiger charge is -2.32. The highest BCUT2D eigenvalue weighted by atomic mass is 16.8. The second-order valence-electron chi connectivity index (χ2n) is 8.36. The summed E-state index contributed by atoms with van der Waals surface area (Å²) in [5.41, 5.74) is 1.42. The molecule has 1 rings (SSSR count). The molecule has 0 aromatic heterocycles. The first kappa shape index (κ1) is 21.9. The topological polar surface area (TPSA) is 80.3 Å². The molecular formula is C18H33N3O5. The number of ether oxygens (including phenoxy) is 2. The van der Waals surface area contributed by atoms with Crippen LogP contribution in [0.4, 0.5) is 9.59 Å². The number of hydrazine groups is 1. The third-order valence-corrected chi connectivity index (χ3v) is 3.33. The molecule has 0 unspecified atom stereocenters. The zero-order chi connectivity index (χ0) is 20.0. The Morgan fingerprint density at radius 2 is 1.62 bits per heavy atom. The number of urea groups is 1. The monoisotopic (exact) mass is 371 g/mol. The Balaban J connectivity index is 2.94. The van der Waals surface area contributed by atoms with Crippen LogP contribution in [-0.4, -0.2) is 48.0 Å². The predicted octanol–water partition coefficient (Wildman–Crippen LogP) is 3.80. The second kappa shape index (κ2) is 9.00. The number of methoxy groups -OCH3 is 1. The molecule has 8 heteroatoms. The van der Waals surface area contributed by atoms with E-state index in [1.165, 1.54) is 7.11 Å². The van der Waals surface area contributed by atoms with Crippen molar-refractivity contribution in [2.75, 3.05) is 20.2 Å². The molecule has 8 nitrogen and oxygen atoms in total. The van der Waals surface area contributed by atoms with Crippen LogP contribution >= 0.6 is 0 Å². The number of nitrogens with zero attached hydrogens (tertiary/aromatic N) is 2. The van der Waals surface area contributed by atoms with Crippen LogP contribution in [-0.2, 0) is 14.3 Å². The van der Waals surface area contributed by atoms with Crippen LogP contribution in [0.25, 0.3) is 0 Å². The Morgan fingerprint density at radius 1 is 1.04 bits per heavy atom. The number of piperidine rings is 1. The van der Waals surface area contributed by atoms with Gasteiger partial charge >= 0.3 is 18.1 Å². The molecule has 0 radical (unpaired) electrons. The lowest BCUT2D eigenvalue weighted by Crippen LogP contribution is -2.53. The van der Waals surface area contributed by atoms with Gasteiger partial charge in [0.25, 0.3) is 0 Å². The van der Waals surface area contributed by atoms with E-state index >= 15 is 0 Å². The molecule has 1 aliphatic heterocycles. The van der Waals surface area contributed by atoms with E-state index in [1.54, 1.807) is 31.7 Å². The molecule has 0 aromatic carbocycles. The summed E-state index contributed by atoms with van der Waals surface area (Å²) in [7, 11) is 1.44. The maximum atomic E-state index is 12.8. The number of hydrogen-bond acceptors (Lipinski definition) is 5. The molecule has 1 N–H and O–H groups in total. The van der Waals surface area contributed by atoms with Gasteiger partial charge < -0.3 is 19.2 Å². The first-order valence-corrected chi connectivity index (χ1v) is 8.95. The van der Waals surface area contributed by atoms with Gasteiger partial charge in [0.1, 0.15) is 5.60 Å². The number of hydrogen-bond donors (Lipinski definition) is 1. The molecule has 0 aromatic rings. The maximum absolute atomic E-state index is 12.8. The first-order chi connectivity index (χ1) is 11.9. The van der Waals surface area contributed by atoms with Crippen LogP contribution in [0.2, 0.25) is 0 Å². The van der Waals surface area contributed by atoms with Crippen LogP contribution in [0, 0.1) is 5.41 Å². The molecule has 1 fully saturated rings. The average molecular weight is 371 g/mol. The number of rotatable bonds is 3. The van der Waals surface area contributed by atoms with Crippen molar-refractivity contribution >= 4 is 12.1 Å². The zero-order valence-corrected chi connectivity index (χ0v) is 17.0. The highest BCUT2D eigenvalue weighted by Crippen LogP contribution is 2.20. The first-order valence-electron chi connectivity index (χ1n) is 8.95. The van der Waals surface area contributed by atoms with Crippen molar-refractivity contribution in [1.29, 1.82) is 0 Å². The molecule has 1 saturated heterocycles. The fourth-order valence-electron chi connectivity index (χ4n) is 2.27. The predicted molar refractivity (Wildman–Crippen MR) is 97.7 cm³/mol. The minimum Gasteiger partial charge on any atom is -0.467 e. The van der Waals surface area contributed by atoms with E-state index < -0.39 is 17.7 Å². The summed E-state index contributed by atoms with van der Waals surface area (Å²) in [6.45, 7) is 12.3. The summed E-state index contributed by atoms with van der Waals surface area (Å²) < 4.78 is 10.4. The minimum atomic E-state index is -0.783. The second-order valence-corrected chi connectivity index (χ2v) is 8.36. The molecule has 0 spiro atoms. The van der Waals surface area contributed by atoms with Crippen LogP contribution in [0.1, 0.15) is 60.8 Å². The largest absolute Gasteiger partial charge is 0.467 e. The fraction of sp³-hybridized carbons (Fsp3) is 0.778. The molecule has 3 amide bonds. The third kappa shape index (κ3) is 8.31. The molecule has 0 aliphatic carbocycles. The fourth-order valence-corrected chi connectivity index (χ4v) is 2.27. The summed E-state index contributed by atoms with van der Waals surface area (Å²) in [4.78, 5) is 32.1. The normalized spacial score (nSPS) is 16.0.